The Kier molecular flexibility index (Phi) is 4.06. The van der Waals surface area contributed by atoms with Crippen LogP contribution >= 0.6 is 15.9 Å². The number of pyridine rings is 1. The molecule has 5 nitrogen and oxygen atoms in total. The molecular formula is C13H10BrN3O2S. The normalized spacial score (nSPS) is 11.0. The van der Waals surface area contributed by atoms with Gasteiger partial charge in [0, 0.05) is 16.2 Å². The highest BCUT2D eigenvalue weighted by Gasteiger charge is 2.20. The Bertz CT molecular complexity index is 798. The van der Waals surface area contributed by atoms with Crippen molar-refractivity contribution in [2.75, 3.05) is 5.73 Å². The Balaban J connectivity index is 2.44. The van der Waals surface area contributed by atoms with Crippen LogP contribution in [0.15, 0.2) is 45.9 Å². The lowest BCUT2D eigenvalue weighted by atomic mass is 10.2. The van der Waals surface area contributed by atoms with Gasteiger partial charge in [0.15, 0.2) is 9.84 Å². The van der Waals surface area contributed by atoms with E-state index in [0.29, 0.717) is 10.0 Å². The van der Waals surface area contributed by atoms with Crippen LogP contribution in [-0.4, -0.2) is 13.4 Å². The summed E-state index contributed by atoms with van der Waals surface area (Å²) in [6.07, 6.45) is 1.45. The maximum Gasteiger partial charge on any atom is 0.184 e. The Labute approximate surface area is 125 Å². The highest BCUT2D eigenvalue weighted by molar-refractivity contribution is 9.10. The molecule has 0 radical (unpaired) electrons. The van der Waals surface area contributed by atoms with E-state index in [9.17, 15) is 8.42 Å². The van der Waals surface area contributed by atoms with E-state index in [0.717, 1.165) is 0 Å². The number of rotatable bonds is 3. The molecule has 1 aromatic heterocycles. The largest absolute Gasteiger partial charge is 0.398 e. The predicted molar refractivity (Wildman–Crippen MR) is 78.4 cm³/mol. The molecule has 0 bridgehead atoms. The second-order valence-corrected chi connectivity index (χ2v) is 6.94. The molecule has 20 heavy (non-hydrogen) atoms. The topological polar surface area (TPSA) is 96.8 Å². The van der Waals surface area contributed by atoms with Crippen LogP contribution in [0.1, 0.15) is 11.3 Å². The van der Waals surface area contributed by atoms with Gasteiger partial charge in [-0.3, -0.25) is 0 Å². The lowest BCUT2D eigenvalue weighted by molar-refractivity contribution is 0.595. The molecule has 0 spiro atoms. The van der Waals surface area contributed by atoms with Crippen molar-refractivity contribution in [2.24, 2.45) is 0 Å². The summed E-state index contributed by atoms with van der Waals surface area (Å²) < 4.78 is 25.4. The minimum absolute atomic E-state index is 0.0495. The number of hydrogen-bond donors (Lipinski definition) is 1. The van der Waals surface area contributed by atoms with Crippen LogP contribution in [0, 0.1) is 11.3 Å². The molecular weight excluding hydrogens is 342 g/mol. The molecule has 0 saturated carbocycles. The summed E-state index contributed by atoms with van der Waals surface area (Å²) in [5, 5.41) is 8.94. The predicted octanol–water partition coefficient (Wildman–Crippen LogP) is 2.27. The van der Waals surface area contributed by atoms with Crippen molar-refractivity contribution in [3.8, 4) is 6.07 Å². The maximum absolute atomic E-state index is 12.4. The van der Waals surface area contributed by atoms with Crippen molar-refractivity contribution in [1.29, 1.82) is 5.26 Å². The fraction of sp³-hybridized carbons (Fsp3) is 0.0769. The molecule has 0 fully saturated rings. The van der Waals surface area contributed by atoms with Crippen LogP contribution in [0.3, 0.4) is 0 Å². The first kappa shape index (κ1) is 14.5. The van der Waals surface area contributed by atoms with Crippen LogP contribution in [0.4, 0.5) is 5.69 Å². The van der Waals surface area contributed by atoms with Gasteiger partial charge >= 0.3 is 0 Å². The number of aromatic nitrogens is 1. The summed E-state index contributed by atoms with van der Waals surface area (Å²) >= 11 is 3.22. The smallest absolute Gasteiger partial charge is 0.184 e. The van der Waals surface area contributed by atoms with E-state index < -0.39 is 9.84 Å². The molecule has 1 aromatic carbocycles. The van der Waals surface area contributed by atoms with Gasteiger partial charge in [0.05, 0.1) is 16.3 Å². The van der Waals surface area contributed by atoms with Gasteiger partial charge in [-0.2, -0.15) is 5.26 Å². The first-order chi connectivity index (χ1) is 9.44. The molecule has 2 N–H and O–H groups in total. The standard InChI is InChI=1S/C13H10BrN3O2S/c14-10-3-4-13(11(16)6-10)20(18,19)8-9-2-1-5-17-12(9)7-15/h1-6H,8,16H2. The quantitative estimate of drug-likeness (QED) is 0.855. The third-order valence-corrected chi connectivity index (χ3v) is 4.88. The zero-order chi connectivity index (χ0) is 14.8. The van der Waals surface area contributed by atoms with E-state index in [4.69, 9.17) is 11.0 Å². The fourth-order valence-corrected chi connectivity index (χ4v) is 3.61. The van der Waals surface area contributed by atoms with Gasteiger partial charge in [0.25, 0.3) is 0 Å². The number of nitrogens with zero attached hydrogens (tertiary/aromatic N) is 2. The third-order valence-electron chi connectivity index (χ3n) is 2.65. The molecule has 0 aliphatic rings. The zero-order valence-corrected chi connectivity index (χ0v) is 12.6. The second kappa shape index (κ2) is 5.61. The van der Waals surface area contributed by atoms with E-state index in [1.54, 1.807) is 18.2 Å². The van der Waals surface area contributed by atoms with Crippen LogP contribution in [-0.2, 0) is 15.6 Å². The molecule has 102 valence electrons. The Morgan fingerprint density at radius 2 is 2.10 bits per heavy atom. The van der Waals surface area contributed by atoms with Gasteiger partial charge in [0.2, 0.25) is 0 Å². The Hall–Kier alpha value is -1.91. The average Bonchev–Trinajstić information content (AvgIpc) is 2.38. The number of nitriles is 1. The monoisotopic (exact) mass is 351 g/mol. The van der Waals surface area contributed by atoms with Crippen molar-refractivity contribution >= 4 is 31.5 Å². The van der Waals surface area contributed by atoms with Crippen molar-refractivity contribution in [2.45, 2.75) is 10.6 Å². The van der Waals surface area contributed by atoms with Crippen LogP contribution in [0.5, 0.6) is 0 Å². The van der Waals surface area contributed by atoms with E-state index in [1.807, 2.05) is 6.07 Å². The van der Waals surface area contributed by atoms with Gasteiger partial charge in [-0.1, -0.05) is 22.0 Å². The summed E-state index contributed by atoms with van der Waals surface area (Å²) in [5.41, 5.74) is 6.37. The van der Waals surface area contributed by atoms with E-state index >= 15 is 0 Å². The molecule has 7 heteroatoms. The van der Waals surface area contributed by atoms with Crippen LogP contribution in [0.2, 0.25) is 0 Å². The highest BCUT2D eigenvalue weighted by Crippen LogP contribution is 2.26. The fourth-order valence-electron chi connectivity index (χ4n) is 1.74. The SMILES string of the molecule is N#Cc1ncccc1CS(=O)(=O)c1ccc(Br)cc1N. The van der Waals surface area contributed by atoms with Crippen LogP contribution < -0.4 is 5.73 Å². The van der Waals surface area contributed by atoms with E-state index in [2.05, 4.69) is 20.9 Å². The van der Waals surface area contributed by atoms with E-state index in [-0.39, 0.29) is 22.0 Å². The number of nitrogens with two attached hydrogens (primary N) is 1. The van der Waals surface area contributed by atoms with Crippen molar-refractivity contribution < 1.29 is 8.42 Å². The molecule has 0 unspecified atom stereocenters. The Morgan fingerprint density at radius 1 is 1.35 bits per heavy atom. The number of sulfone groups is 1. The molecule has 2 aromatic rings. The molecule has 0 amide bonds. The summed E-state index contributed by atoms with van der Waals surface area (Å²) in [6, 6.07) is 9.62. The molecule has 0 atom stereocenters. The average molecular weight is 352 g/mol. The molecule has 1 heterocycles. The van der Waals surface area contributed by atoms with E-state index in [1.165, 1.54) is 18.3 Å². The summed E-state index contributed by atoms with van der Waals surface area (Å²) in [4.78, 5) is 3.90. The second-order valence-electron chi connectivity index (χ2n) is 4.06. The van der Waals surface area contributed by atoms with Gasteiger partial charge < -0.3 is 5.73 Å². The number of halogens is 1. The lowest BCUT2D eigenvalue weighted by Gasteiger charge is -2.08. The first-order valence-corrected chi connectivity index (χ1v) is 8.00. The highest BCUT2D eigenvalue weighted by atomic mass is 79.9. The molecule has 0 aliphatic carbocycles. The lowest BCUT2D eigenvalue weighted by Crippen LogP contribution is -2.09. The number of nitrogen functional groups attached to an aromatic ring is 1. The molecule has 0 saturated heterocycles. The van der Waals surface area contributed by atoms with Gasteiger partial charge in [-0.15, -0.1) is 0 Å². The van der Waals surface area contributed by atoms with Crippen LogP contribution in [0.25, 0.3) is 0 Å². The minimum atomic E-state index is -3.63. The van der Waals surface area contributed by atoms with Crippen molar-refractivity contribution in [1.82, 2.24) is 4.98 Å². The summed E-state index contributed by atoms with van der Waals surface area (Å²) in [7, 11) is -3.63. The van der Waals surface area contributed by atoms with Gasteiger partial charge in [-0.25, -0.2) is 13.4 Å². The van der Waals surface area contributed by atoms with Crippen molar-refractivity contribution in [3.63, 3.8) is 0 Å². The number of hydrogen-bond acceptors (Lipinski definition) is 5. The number of benzene rings is 1. The third kappa shape index (κ3) is 2.98. The minimum Gasteiger partial charge on any atom is -0.398 e. The van der Waals surface area contributed by atoms with Crippen molar-refractivity contribution in [3.05, 3.63) is 52.3 Å². The van der Waals surface area contributed by atoms with Gasteiger partial charge in [0.1, 0.15) is 11.8 Å². The molecule has 0 aliphatic heterocycles. The first-order valence-electron chi connectivity index (χ1n) is 5.56. The molecule has 2 rings (SSSR count). The maximum atomic E-state index is 12.4. The Morgan fingerprint density at radius 3 is 2.75 bits per heavy atom. The van der Waals surface area contributed by atoms with Gasteiger partial charge in [-0.05, 0) is 24.3 Å². The zero-order valence-electron chi connectivity index (χ0n) is 10.2. The summed E-state index contributed by atoms with van der Waals surface area (Å²) in [5.74, 6) is -0.310. The number of anilines is 1. The summed E-state index contributed by atoms with van der Waals surface area (Å²) in [6.45, 7) is 0.